The minimum atomic E-state index is -0.735. The highest BCUT2D eigenvalue weighted by Gasteiger charge is 2.26. The molecule has 5 rings (SSSR count). The van der Waals surface area contributed by atoms with E-state index in [9.17, 15) is 17.6 Å². The summed E-state index contributed by atoms with van der Waals surface area (Å²) in [7, 11) is 0. The topological polar surface area (TPSA) is 48.8 Å². The van der Waals surface area contributed by atoms with Gasteiger partial charge in [-0.2, -0.15) is 0 Å². The molecule has 3 nitrogen and oxygen atoms in total. The fourth-order valence-electron chi connectivity index (χ4n) is 5.46. The zero-order valence-electron chi connectivity index (χ0n) is 22.7. The standard InChI is InChI=1S/C33H31F4N3S/c1-33(15-4-2-3-5-16-33)20-21-9-13-29(39-30-14-11-23(35)19-27(30)37)25(17-21)32(38)41-31-8-6-7-28(40-31)24-12-10-22(34)18-26(24)36/h6-14,17-19,38-39H,2-5,15-16,20H2,1H3. The second-order valence-corrected chi connectivity index (χ2v) is 12.0. The van der Waals surface area contributed by atoms with Gasteiger partial charge in [0.25, 0.3) is 0 Å². The van der Waals surface area contributed by atoms with Crippen molar-refractivity contribution >= 4 is 28.2 Å². The first kappa shape index (κ1) is 28.9. The maximum absolute atomic E-state index is 14.5. The van der Waals surface area contributed by atoms with Gasteiger partial charge in [-0.1, -0.05) is 56.5 Å². The summed E-state index contributed by atoms with van der Waals surface area (Å²) in [6, 6.07) is 17.5. The summed E-state index contributed by atoms with van der Waals surface area (Å²) in [5, 5.41) is 12.7. The summed E-state index contributed by atoms with van der Waals surface area (Å²) in [4.78, 5) is 4.51. The van der Waals surface area contributed by atoms with Crippen molar-refractivity contribution in [2.45, 2.75) is 56.9 Å². The molecule has 1 saturated carbocycles. The largest absolute Gasteiger partial charge is 0.353 e. The lowest BCUT2D eigenvalue weighted by Gasteiger charge is -2.28. The van der Waals surface area contributed by atoms with Gasteiger partial charge >= 0.3 is 0 Å². The number of anilines is 2. The lowest BCUT2D eigenvalue weighted by molar-refractivity contribution is 0.275. The second-order valence-electron chi connectivity index (χ2n) is 10.9. The first-order chi connectivity index (χ1) is 19.7. The highest BCUT2D eigenvalue weighted by Crippen LogP contribution is 2.39. The minimum absolute atomic E-state index is 0.0980. The van der Waals surface area contributed by atoms with Gasteiger partial charge in [0.2, 0.25) is 0 Å². The number of hydrogen-bond acceptors (Lipinski definition) is 4. The second kappa shape index (κ2) is 12.5. The molecular weight excluding hydrogens is 546 g/mol. The van der Waals surface area contributed by atoms with Crippen LogP contribution in [0.4, 0.5) is 28.9 Å². The lowest BCUT2D eigenvalue weighted by atomic mass is 9.77. The average molecular weight is 578 g/mol. The van der Waals surface area contributed by atoms with Gasteiger partial charge in [-0.25, -0.2) is 22.5 Å². The third kappa shape index (κ3) is 7.17. The van der Waals surface area contributed by atoms with E-state index in [1.165, 1.54) is 49.9 Å². The van der Waals surface area contributed by atoms with E-state index in [-0.39, 0.29) is 21.7 Å². The molecule has 1 aliphatic carbocycles. The van der Waals surface area contributed by atoms with Gasteiger partial charge in [-0.05, 0) is 78.8 Å². The summed E-state index contributed by atoms with van der Waals surface area (Å²) in [5.41, 5.74) is 2.87. The van der Waals surface area contributed by atoms with E-state index in [1.54, 1.807) is 18.2 Å². The van der Waals surface area contributed by atoms with Crippen LogP contribution in [0.2, 0.25) is 0 Å². The van der Waals surface area contributed by atoms with Crippen molar-refractivity contribution in [1.29, 1.82) is 5.41 Å². The van der Waals surface area contributed by atoms with Crippen LogP contribution in [0, 0.1) is 34.1 Å². The first-order valence-electron chi connectivity index (χ1n) is 13.7. The van der Waals surface area contributed by atoms with Crippen LogP contribution < -0.4 is 5.32 Å². The molecule has 0 aliphatic heterocycles. The Morgan fingerprint density at radius 3 is 2.22 bits per heavy atom. The van der Waals surface area contributed by atoms with E-state index in [2.05, 4.69) is 17.2 Å². The van der Waals surface area contributed by atoms with Crippen molar-refractivity contribution in [3.8, 4) is 11.3 Å². The number of halogens is 4. The number of benzene rings is 3. The molecule has 0 radical (unpaired) electrons. The third-order valence-corrected chi connectivity index (χ3v) is 8.47. The molecule has 212 valence electrons. The number of nitrogens with one attached hydrogen (secondary N) is 2. The molecule has 1 aliphatic rings. The summed E-state index contributed by atoms with van der Waals surface area (Å²) in [5.74, 6) is -2.80. The van der Waals surface area contributed by atoms with Crippen molar-refractivity contribution in [3.63, 3.8) is 0 Å². The summed E-state index contributed by atoms with van der Waals surface area (Å²) >= 11 is 1.09. The molecule has 0 bridgehead atoms. The van der Waals surface area contributed by atoms with Crippen LogP contribution in [0.15, 0.2) is 77.8 Å². The van der Waals surface area contributed by atoms with Crippen molar-refractivity contribution in [3.05, 3.63) is 107 Å². The van der Waals surface area contributed by atoms with Crippen molar-refractivity contribution in [2.24, 2.45) is 5.41 Å². The SMILES string of the molecule is CC1(Cc2ccc(Nc3ccc(F)cc3F)c(C(=N)Sc3cccc(-c4ccc(F)cc4F)n3)c2)CCCCCC1. The van der Waals surface area contributed by atoms with Gasteiger partial charge in [0.05, 0.1) is 11.4 Å². The normalized spacial score (nSPS) is 14.9. The van der Waals surface area contributed by atoms with Crippen LogP contribution in [-0.4, -0.2) is 10.0 Å². The zero-order chi connectivity index (χ0) is 29.0. The van der Waals surface area contributed by atoms with E-state index in [0.29, 0.717) is 22.0 Å². The zero-order valence-corrected chi connectivity index (χ0v) is 23.6. The summed E-state index contributed by atoms with van der Waals surface area (Å²) in [6.07, 6.45) is 8.06. The molecule has 1 fully saturated rings. The molecule has 1 aromatic heterocycles. The Morgan fingerprint density at radius 1 is 0.829 bits per heavy atom. The lowest BCUT2D eigenvalue weighted by Crippen LogP contribution is -2.19. The molecule has 4 aromatic rings. The fourth-order valence-corrected chi connectivity index (χ4v) is 6.24. The number of nitrogens with zero attached hydrogens (tertiary/aromatic N) is 1. The average Bonchev–Trinajstić information content (AvgIpc) is 3.15. The van der Waals surface area contributed by atoms with Crippen molar-refractivity contribution in [1.82, 2.24) is 4.98 Å². The van der Waals surface area contributed by atoms with E-state index in [4.69, 9.17) is 5.41 Å². The number of rotatable bonds is 7. The molecule has 0 unspecified atom stereocenters. The molecule has 3 aromatic carbocycles. The summed E-state index contributed by atoms with van der Waals surface area (Å²) in [6.45, 7) is 2.32. The van der Waals surface area contributed by atoms with Crippen LogP contribution in [-0.2, 0) is 6.42 Å². The number of aromatic nitrogens is 1. The Labute approximate surface area is 241 Å². The molecule has 0 saturated heterocycles. The van der Waals surface area contributed by atoms with E-state index in [1.807, 2.05) is 18.2 Å². The highest BCUT2D eigenvalue weighted by atomic mass is 32.2. The molecule has 8 heteroatoms. The fraction of sp³-hybridized carbons (Fsp3) is 0.273. The molecule has 2 N–H and O–H groups in total. The molecular formula is C33H31F4N3S. The number of pyridine rings is 1. The quantitative estimate of drug-likeness (QED) is 0.0755. The molecule has 0 atom stereocenters. The predicted octanol–water partition coefficient (Wildman–Crippen LogP) is 10.1. The Morgan fingerprint density at radius 2 is 1.51 bits per heavy atom. The van der Waals surface area contributed by atoms with Crippen LogP contribution in [0.1, 0.15) is 56.6 Å². The van der Waals surface area contributed by atoms with E-state index >= 15 is 0 Å². The highest BCUT2D eigenvalue weighted by molar-refractivity contribution is 8.14. The number of thioether (sulfide) groups is 1. The van der Waals surface area contributed by atoms with Gasteiger partial charge < -0.3 is 5.32 Å². The van der Waals surface area contributed by atoms with Crippen LogP contribution in [0.25, 0.3) is 11.3 Å². The maximum atomic E-state index is 14.5. The summed E-state index contributed by atoms with van der Waals surface area (Å²) < 4.78 is 55.9. The predicted molar refractivity (Wildman–Crippen MR) is 158 cm³/mol. The van der Waals surface area contributed by atoms with Crippen molar-refractivity contribution < 1.29 is 17.6 Å². The van der Waals surface area contributed by atoms with Crippen LogP contribution in [0.5, 0.6) is 0 Å². The van der Waals surface area contributed by atoms with Crippen LogP contribution >= 0.6 is 11.8 Å². The van der Waals surface area contributed by atoms with Gasteiger partial charge in [-0.3, -0.25) is 5.41 Å². The number of hydrogen-bond donors (Lipinski definition) is 2. The third-order valence-electron chi connectivity index (χ3n) is 7.61. The van der Waals surface area contributed by atoms with Gasteiger partial charge in [0.1, 0.15) is 33.3 Å². The monoisotopic (exact) mass is 577 g/mol. The Bertz CT molecular complexity index is 1560. The van der Waals surface area contributed by atoms with Gasteiger partial charge in [-0.15, -0.1) is 0 Å². The molecule has 41 heavy (non-hydrogen) atoms. The van der Waals surface area contributed by atoms with Crippen LogP contribution in [0.3, 0.4) is 0 Å². The Balaban J connectivity index is 1.46. The van der Waals surface area contributed by atoms with Gasteiger partial charge in [0, 0.05) is 28.9 Å². The molecule has 0 spiro atoms. The van der Waals surface area contributed by atoms with E-state index < -0.39 is 23.3 Å². The van der Waals surface area contributed by atoms with Gasteiger partial charge in [0.15, 0.2) is 0 Å². The molecule has 1 heterocycles. The maximum Gasteiger partial charge on any atom is 0.149 e. The molecule has 0 amide bonds. The smallest absolute Gasteiger partial charge is 0.149 e. The first-order valence-corrected chi connectivity index (χ1v) is 14.6. The Kier molecular flexibility index (Phi) is 8.78. The van der Waals surface area contributed by atoms with E-state index in [0.717, 1.165) is 48.7 Å². The Hall–Kier alpha value is -3.65. The van der Waals surface area contributed by atoms with Crippen molar-refractivity contribution in [2.75, 3.05) is 5.32 Å². The minimum Gasteiger partial charge on any atom is -0.353 e.